The lowest BCUT2D eigenvalue weighted by Crippen LogP contribution is -2.47. The predicted octanol–water partition coefficient (Wildman–Crippen LogP) is 3.90. The molecule has 2 aromatic carbocycles. The Labute approximate surface area is 193 Å². The van der Waals surface area contributed by atoms with Crippen LogP contribution in [0, 0.1) is 6.92 Å². The molecule has 1 heterocycles. The van der Waals surface area contributed by atoms with Crippen LogP contribution < -0.4 is 20.5 Å². The van der Waals surface area contributed by atoms with Crippen molar-refractivity contribution < 1.29 is 23.8 Å². The molecule has 0 radical (unpaired) electrons. The number of methoxy groups -OCH3 is 1. The zero-order valence-electron chi connectivity index (χ0n) is 19.5. The number of rotatable bonds is 8. The van der Waals surface area contributed by atoms with E-state index in [0.717, 1.165) is 0 Å². The summed E-state index contributed by atoms with van der Waals surface area (Å²) in [6.45, 7) is 7.54. The molecule has 1 amide bonds. The summed E-state index contributed by atoms with van der Waals surface area (Å²) in [6.07, 6.45) is 0. The second kappa shape index (κ2) is 9.77. The monoisotopic (exact) mass is 451 g/mol. The van der Waals surface area contributed by atoms with E-state index < -0.39 is 11.5 Å². The molecule has 1 aromatic heterocycles. The van der Waals surface area contributed by atoms with Crippen molar-refractivity contribution in [3.8, 4) is 11.5 Å². The first-order chi connectivity index (χ1) is 15.7. The van der Waals surface area contributed by atoms with Gasteiger partial charge < -0.3 is 25.3 Å². The molecule has 8 heteroatoms. The number of anilines is 1. The van der Waals surface area contributed by atoms with E-state index in [0.29, 0.717) is 33.7 Å². The number of amides is 1. The summed E-state index contributed by atoms with van der Waals surface area (Å²) in [6, 6.07) is 12.3. The molecule has 0 fully saturated rings. The maximum absolute atomic E-state index is 12.7. The standard InChI is InChI=1S/C25H29N3O5/c1-6-32-24(30)20-15(2)27-18-11-8-12-19(21(18)22(20)26)33-14-25(3,4)28-23(29)16-9-7-10-17(13-16)31-5/h7-13H,6,14H2,1-5H3,(H2,26,27)(H,28,29). The smallest absolute Gasteiger partial charge is 0.342 e. The minimum absolute atomic E-state index is 0.157. The van der Waals surface area contributed by atoms with E-state index in [1.807, 2.05) is 13.8 Å². The van der Waals surface area contributed by atoms with Gasteiger partial charge in [-0.1, -0.05) is 12.1 Å². The second-order valence-electron chi connectivity index (χ2n) is 8.22. The Morgan fingerprint density at radius 3 is 2.58 bits per heavy atom. The van der Waals surface area contributed by atoms with E-state index >= 15 is 0 Å². The Kier molecular flexibility index (Phi) is 7.06. The normalized spacial score (nSPS) is 11.2. The van der Waals surface area contributed by atoms with Gasteiger partial charge in [0.2, 0.25) is 0 Å². The largest absolute Gasteiger partial charge is 0.497 e. The number of esters is 1. The van der Waals surface area contributed by atoms with Gasteiger partial charge in [0.25, 0.3) is 5.91 Å². The zero-order chi connectivity index (χ0) is 24.2. The van der Waals surface area contributed by atoms with Crippen molar-refractivity contribution in [1.29, 1.82) is 0 Å². The van der Waals surface area contributed by atoms with Crippen molar-refractivity contribution in [2.75, 3.05) is 26.1 Å². The van der Waals surface area contributed by atoms with Gasteiger partial charge in [-0.3, -0.25) is 9.78 Å². The van der Waals surface area contributed by atoms with Gasteiger partial charge >= 0.3 is 5.97 Å². The third-order valence-corrected chi connectivity index (χ3v) is 5.04. The predicted molar refractivity (Wildman–Crippen MR) is 127 cm³/mol. The maximum Gasteiger partial charge on any atom is 0.342 e. The minimum atomic E-state index is -0.709. The number of ether oxygens (including phenoxy) is 3. The molecule has 0 saturated heterocycles. The molecule has 174 valence electrons. The average molecular weight is 452 g/mol. The summed E-state index contributed by atoms with van der Waals surface area (Å²) in [4.78, 5) is 29.6. The second-order valence-corrected chi connectivity index (χ2v) is 8.22. The Bertz CT molecular complexity index is 1190. The molecular weight excluding hydrogens is 422 g/mol. The molecule has 0 aliphatic rings. The number of pyridine rings is 1. The molecule has 0 spiro atoms. The van der Waals surface area contributed by atoms with Crippen LogP contribution in [-0.2, 0) is 4.74 Å². The van der Waals surface area contributed by atoms with Crippen LogP contribution in [0.1, 0.15) is 47.2 Å². The first-order valence-corrected chi connectivity index (χ1v) is 10.6. The summed E-state index contributed by atoms with van der Waals surface area (Å²) in [5.41, 5.74) is 7.72. The molecule has 3 N–H and O–H groups in total. The molecular formula is C25H29N3O5. The van der Waals surface area contributed by atoms with Crippen LogP contribution in [0.15, 0.2) is 42.5 Å². The topological polar surface area (TPSA) is 113 Å². The van der Waals surface area contributed by atoms with Crippen LogP contribution in [0.5, 0.6) is 11.5 Å². The molecule has 0 aliphatic heterocycles. The molecule has 8 nitrogen and oxygen atoms in total. The molecule has 3 rings (SSSR count). The lowest BCUT2D eigenvalue weighted by atomic mass is 10.0. The lowest BCUT2D eigenvalue weighted by Gasteiger charge is -2.27. The molecule has 33 heavy (non-hydrogen) atoms. The molecule has 0 saturated carbocycles. The van der Waals surface area contributed by atoms with Crippen molar-refractivity contribution in [1.82, 2.24) is 10.3 Å². The number of aryl methyl sites for hydroxylation is 1. The number of hydrogen-bond acceptors (Lipinski definition) is 7. The number of fused-ring (bicyclic) bond motifs is 1. The fraction of sp³-hybridized carbons (Fsp3) is 0.320. The van der Waals surface area contributed by atoms with Gasteiger partial charge in [-0.15, -0.1) is 0 Å². The number of carbonyl (C=O) groups excluding carboxylic acids is 2. The molecule has 0 bridgehead atoms. The molecule has 0 unspecified atom stereocenters. The highest BCUT2D eigenvalue weighted by Crippen LogP contribution is 2.34. The van der Waals surface area contributed by atoms with Gasteiger partial charge in [0.15, 0.2) is 0 Å². The van der Waals surface area contributed by atoms with Crippen molar-refractivity contribution in [2.45, 2.75) is 33.2 Å². The highest BCUT2D eigenvalue weighted by Gasteiger charge is 2.25. The first-order valence-electron chi connectivity index (χ1n) is 10.6. The number of nitrogens with two attached hydrogens (primary N) is 1. The van der Waals surface area contributed by atoms with Gasteiger partial charge in [-0.25, -0.2) is 4.79 Å². The van der Waals surface area contributed by atoms with Gasteiger partial charge in [-0.2, -0.15) is 0 Å². The highest BCUT2D eigenvalue weighted by atomic mass is 16.5. The van der Waals surface area contributed by atoms with E-state index in [4.69, 9.17) is 19.9 Å². The Morgan fingerprint density at radius 1 is 1.15 bits per heavy atom. The van der Waals surface area contributed by atoms with Crippen LogP contribution >= 0.6 is 0 Å². The SMILES string of the molecule is CCOC(=O)c1c(C)nc2cccc(OCC(C)(C)NC(=O)c3cccc(OC)c3)c2c1N. The lowest BCUT2D eigenvalue weighted by molar-refractivity contribution is 0.0526. The number of nitrogen functional groups attached to an aromatic ring is 1. The van der Waals surface area contributed by atoms with Crippen LogP contribution in [0.25, 0.3) is 10.9 Å². The van der Waals surface area contributed by atoms with Crippen molar-refractivity contribution >= 4 is 28.5 Å². The van der Waals surface area contributed by atoms with Gasteiger partial charge in [0, 0.05) is 5.56 Å². The number of benzene rings is 2. The summed E-state index contributed by atoms with van der Waals surface area (Å²) in [5, 5.41) is 3.50. The minimum Gasteiger partial charge on any atom is -0.497 e. The number of carbonyl (C=O) groups is 2. The summed E-state index contributed by atoms with van der Waals surface area (Å²) in [7, 11) is 1.55. The number of hydrogen-bond donors (Lipinski definition) is 2. The fourth-order valence-corrected chi connectivity index (χ4v) is 3.46. The van der Waals surface area contributed by atoms with Crippen molar-refractivity contribution in [3.05, 3.63) is 59.3 Å². The van der Waals surface area contributed by atoms with Crippen molar-refractivity contribution in [3.63, 3.8) is 0 Å². The summed E-state index contributed by atoms with van der Waals surface area (Å²) in [5.74, 6) is 0.291. The summed E-state index contributed by atoms with van der Waals surface area (Å²) < 4.78 is 16.4. The van der Waals surface area contributed by atoms with Gasteiger partial charge in [0.1, 0.15) is 23.7 Å². The maximum atomic E-state index is 12.7. The van der Waals surface area contributed by atoms with Gasteiger partial charge in [0.05, 0.1) is 41.5 Å². The van der Waals surface area contributed by atoms with E-state index in [-0.39, 0.29) is 30.4 Å². The van der Waals surface area contributed by atoms with E-state index in [1.165, 1.54) is 0 Å². The Hall–Kier alpha value is -3.81. The Morgan fingerprint density at radius 2 is 1.88 bits per heavy atom. The molecule has 0 atom stereocenters. The molecule has 3 aromatic rings. The Balaban J connectivity index is 1.84. The van der Waals surface area contributed by atoms with Crippen molar-refractivity contribution in [2.24, 2.45) is 0 Å². The van der Waals surface area contributed by atoms with Gasteiger partial charge in [-0.05, 0) is 58.0 Å². The highest BCUT2D eigenvalue weighted by molar-refractivity contribution is 6.07. The van der Waals surface area contributed by atoms with Crippen LogP contribution in [0.2, 0.25) is 0 Å². The van der Waals surface area contributed by atoms with E-state index in [2.05, 4.69) is 10.3 Å². The third kappa shape index (κ3) is 5.34. The number of nitrogens with one attached hydrogen (secondary N) is 1. The molecule has 0 aliphatic carbocycles. The van der Waals surface area contributed by atoms with Crippen LogP contribution in [-0.4, -0.2) is 42.7 Å². The third-order valence-electron chi connectivity index (χ3n) is 5.04. The van der Waals surface area contributed by atoms with Crippen LogP contribution in [0.3, 0.4) is 0 Å². The zero-order valence-corrected chi connectivity index (χ0v) is 19.5. The van der Waals surface area contributed by atoms with E-state index in [9.17, 15) is 9.59 Å². The van der Waals surface area contributed by atoms with Crippen LogP contribution in [0.4, 0.5) is 5.69 Å². The average Bonchev–Trinajstić information content (AvgIpc) is 2.77. The van der Waals surface area contributed by atoms with E-state index in [1.54, 1.807) is 63.4 Å². The first kappa shape index (κ1) is 23.8. The quantitative estimate of drug-likeness (QED) is 0.500. The fourth-order valence-electron chi connectivity index (χ4n) is 3.46. The number of nitrogens with zero attached hydrogens (tertiary/aromatic N) is 1. The number of aromatic nitrogens is 1. The summed E-state index contributed by atoms with van der Waals surface area (Å²) >= 11 is 0.